The Balaban J connectivity index is 1.34. The van der Waals surface area contributed by atoms with Crippen molar-refractivity contribution < 1.29 is 4.79 Å². The average Bonchev–Trinajstić information content (AvgIpc) is 3.34. The minimum absolute atomic E-state index is 0.275. The van der Waals surface area contributed by atoms with Gasteiger partial charge in [-0.15, -0.1) is 0 Å². The van der Waals surface area contributed by atoms with Crippen LogP contribution in [-0.4, -0.2) is 44.1 Å². The summed E-state index contributed by atoms with van der Waals surface area (Å²) in [7, 11) is 0. The van der Waals surface area contributed by atoms with Gasteiger partial charge in [0.05, 0.1) is 35.7 Å². The molecule has 5 rings (SSSR count). The summed E-state index contributed by atoms with van der Waals surface area (Å²) in [5.74, 6) is 6.91. The number of carbonyl (C=O) groups excluding carboxylic acids is 1. The zero-order valence-electron chi connectivity index (χ0n) is 18.2. The summed E-state index contributed by atoms with van der Waals surface area (Å²) in [6.45, 7) is 1.96. The summed E-state index contributed by atoms with van der Waals surface area (Å²) >= 11 is 0. The molecule has 1 fully saturated rings. The van der Waals surface area contributed by atoms with E-state index in [4.69, 9.17) is 16.6 Å². The molecule has 0 bridgehead atoms. The molecule has 4 N–H and O–H groups in total. The lowest BCUT2D eigenvalue weighted by Crippen LogP contribution is -2.33. The molecule has 1 saturated heterocycles. The van der Waals surface area contributed by atoms with Gasteiger partial charge in [0.2, 0.25) is 6.41 Å². The second kappa shape index (κ2) is 8.87. The van der Waals surface area contributed by atoms with E-state index in [2.05, 4.69) is 16.1 Å². The number of rotatable bonds is 6. The van der Waals surface area contributed by atoms with E-state index < -0.39 is 0 Å². The molecule has 0 saturated carbocycles. The Labute approximate surface area is 191 Å². The van der Waals surface area contributed by atoms with E-state index >= 15 is 0 Å². The summed E-state index contributed by atoms with van der Waals surface area (Å²) in [6.07, 6.45) is 8.28. The standard InChI is InChI=1S/C24H26N8O/c25-21-4-6-23(19-13-28-32(15-19)20-7-10-30(16-33)11-8-20)29-24(21)31(26)14-17-3-5-22-18(12-17)2-1-9-27-22/h1-6,9,12-13,15-16,20H,7-8,10-11,14,25-26H2. The Kier molecular flexibility index (Phi) is 5.62. The third-order valence-electron chi connectivity index (χ3n) is 6.12. The van der Waals surface area contributed by atoms with Crippen LogP contribution in [0.25, 0.3) is 22.2 Å². The number of anilines is 2. The van der Waals surface area contributed by atoms with Crippen molar-refractivity contribution in [3.8, 4) is 11.3 Å². The third kappa shape index (κ3) is 4.35. The fourth-order valence-electron chi connectivity index (χ4n) is 4.27. The number of hydrazine groups is 1. The van der Waals surface area contributed by atoms with Gasteiger partial charge in [-0.05, 0) is 48.7 Å². The van der Waals surface area contributed by atoms with Crippen LogP contribution in [0.1, 0.15) is 24.4 Å². The molecule has 1 aromatic carbocycles. The Morgan fingerprint density at radius 1 is 1.15 bits per heavy atom. The molecule has 33 heavy (non-hydrogen) atoms. The van der Waals surface area contributed by atoms with Crippen molar-refractivity contribution in [2.24, 2.45) is 5.84 Å². The summed E-state index contributed by atoms with van der Waals surface area (Å²) in [6, 6.07) is 14.0. The number of benzene rings is 1. The zero-order chi connectivity index (χ0) is 22.8. The number of aromatic nitrogens is 4. The zero-order valence-corrected chi connectivity index (χ0v) is 18.2. The van der Waals surface area contributed by atoms with E-state index in [0.717, 1.165) is 60.1 Å². The molecule has 1 aliphatic rings. The van der Waals surface area contributed by atoms with Gasteiger partial charge in [0.15, 0.2) is 5.82 Å². The summed E-state index contributed by atoms with van der Waals surface area (Å²) in [5, 5.41) is 7.17. The van der Waals surface area contributed by atoms with Gasteiger partial charge in [0.25, 0.3) is 0 Å². The summed E-state index contributed by atoms with van der Waals surface area (Å²) < 4.78 is 1.97. The van der Waals surface area contributed by atoms with E-state index in [-0.39, 0.29) is 6.04 Å². The highest BCUT2D eigenvalue weighted by molar-refractivity contribution is 5.79. The number of hydrogen-bond acceptors (Lipinski definition) is 7. The maximum atomic E-state index is 10.9. The molecule has 0 aliphatic carbocycles. The van der Waals surface area contributed by atoms with Crippen molar-refractivity contribution in [3.63, 3.8) is 0 Å². The molecule has 1 aliphatic heterocycles. The highest BCUT2D eigenvalue weighted by atomic mass is 16.1. The molecule has 0 radical (unpaired) electrons. The highest BCUT2D eigenvalue weighted by Crippen LogP contribution is 2.28. The first-order valence-electron chi connectivity index (χ1n) is 11.0. The monoisotopic (exact) mass is 442 g/mol. The lowest BCUT2D eigenvalue weighted by Gasteiger charge is -2.29. The van der Waals surface area contributed by atoms with Crippen LogP contribution in [0.4, 0.5) is 11.5 Å². The van der Waals surface area contributed by atoms with Crippen LogP contribution in [0.2, 0.25) is 0 Å². The first-order valence-corrected chi connectivity index (χ1v) is 11.0. The number of piperidine rings is 1. The second-order valence-corrected chi connectivity index (χ2v) is 8.35. The second-order valence-electron chi connectivity index (χ2n) is 8.35. The third-order valence-corrected chi connectivity index (χ3v) is 6.12. The molecule has 9 nitrogen and oxygen atoms in total. The number of carbonyl (C=O) groups is 1. The number of likely N-dealkylation sites (tertiary alicyclic amines) is 1. The number of pyridine rings is 2. The van der Waals surface area contributed by atoms with E-state index in [1.54, 1.807) is 16.1 Å². The van der Waals surface area contributed by atoms with Gasteiger partial charge in [0.1, 0.15) is 0 Å². The summed E-state index contributed by atoms with van der Waals surface area (Å²) in [4.78, 5) is 21.9. The van der Waals surface area contributed by atoms with Crippen molar-refractivity contribution in [1.82, 2.24) is 24.6 Å². The van der Waals surface area contributed by atoms with Crippen LogP contribution < -0.4 is 16.6 Å². The van der Waals surface area contributed by atoms with Crippen molar-refractivity contribution in [2.45, 2.75) is 25.4 Å². The first kappa shape index (κ1) is 20.9. The Bertz CT molecular complexity index is 1280. The van der Waals surface area contributed by atoms with Gasteiger partial charge in [-0.3, -0.25) is 19.5 Å². The van der Waals surface area contributed by atoms with E-state index in [1.165, 1.54) is 0 Å². The maximum Gasteiger partial charge on any atom is 0.209 e. The number of hydrogen-bond donors (Lipinski definition) is 2. The van der Waals surface area contributed by atoms with Crippen LogP contribution in [0.3, 0.4) is 0 Å². The number of fused-ring (bicyclic) bond motifs is 1. The fraction of sp³-hybridized carbons (Fsp3) is 0.250. The van der Waals surface area contributed by atoms with E-state index in [1.807, 2.05) is 53.5 Å². The Hall–Kier alpha value is -3.98. The molecule has 0 unspecified atom stereocenters. The number of nitrogens with zero attached hydrogens (tertiary/aromatic N) is 6. The molecule has 168 valence electrons. The SMILES string of the molecule is Nc1ccc(-c2cnn(C3CCN(C=O)CC3)c2)nc1N(N)Cc1ccc2ncccc2c1. The lowest BCUT2D eigenvalue weighted by molar-refractivity contribution is -0.119. The number of nitrogens with two attached hydrogens (primary N) is 2. The van der Waals surface area contributed by atoms with Gasteiger partial charge in [-0.2, -0.15) is 5.10 Å². The minimum atomic E-state index is 0.275. The lowest BCUT2D eigenvalue weighted by atomic mass is 10.1. The van der Waals surface area contributed by atoms with E-state index in [0.29, 0.717) is 18.1 Å². The van der Waals surface area contributed by atoms with Crippen molar-refractivity contribution in [1.29, 1.82) is 0 Å². The normalized spacial score (nSPS) is 14.5. The first-order chi connectivity index (χ1) is 16.1. The van der Waals surface area contributed by atoms with E-state index in [9.17, 15) is 4.79 Å². The predicted molar refractivity (Wildman–Crippen MR) is 128 cm³/mol. The molecule has 4 heterocycles. The number of amides is 1. The molecule has 1 amide bonds. The molecule has 3 aromatic heterocycles. The van der Waals surface area contributed by atoms with Gasteiger partial charge in [0, 0.05) is 36.4 Å². The highest BCUT2D eigenvalue weighted by Gasteiger charge is 2.21. The Morgan fingerprint density at radius 2 is 2.00 bits per heavy atom. The van der Waals surface area contributed by atoms with Gasteiger partial charge >= 0.3 is 0 Å². The minimum Gasteiger partial charge on any atom is -0.396 e. The van der Waals surface area contributed by atoms with Crippen molar-refractivity contribution >= 4 is 28.8 Å². The topological polar surface area (TPSA) is 119 Å². The van der Waals surface area contributed by atoms with Crippen molar-refractivity contribution in [3.05, 3.63) is 66.6 Å². The molecular formula is C24H26N8O. The summed E-state index contributed by atoms with van der Waals surface area (Å²) in [5.41, 5.74) is 10.4. The molecule has 0 atom stereocenters. The van der Waals surface area contributed by atoms with Crippen molar-refractivity contribution in [2.75, 3.05) is 23.8 Å². The smallest absolute Gasteiger partial charge is 0.209 e. The van der Waals surface area contributed by atoms with Crippen LogP contribution in [-0.2, 0) is 11.3 Å². The molecule has 9 heteroatoms. The quantitative estimate of drug-likeness (QED) is 0.268. The molecule has 4 aromatic rings. The van der Waals surface area contributed by atoms with Crippen LogP contribution in [0.15, 0.2) is 61.1 Å². The number of nitrogen functional groups attached to an aromatic ring is 1. The Morgan fingerprint density at radius 3 is 2.82 bits per heavy atom. The fourth-order valence-corrected chi connectivity index (χ4v) is 4.27. The van der Waals surface area contributed by atoms with Gasteiger partial charge in [-0.1, -0.05) is 12.1 Å². The van der Waals surface area contributed by atoms with Gasteiger partial charge < -0.3 is 10.6 Å². The average molecular weight is 443 g/mol. The van der Waals surface area contributed by atoms with Crippen LogP contribution >= 0.6 is 0 Å². The van der Waals surface area contributed by atoms with Crippen LogP contribution in [0, 0.1) is 0 Å². The molecular weight excluding hydrogens is 416 g/mol. The molecule has 0 spiro atoms. The van der Waals surface area contributed by atoms with Gasteiger partial charge in [-0.25, -0.2) is 10.8 Å². The van der Waals surface area contributed by atoms with Crippen LogP contribution in [0.5, 0.6) is 0 Å². The predicted octanol–water partition coefficient (Wildman–Crippen LogP) is 2.75. The maximum absolute atomic E-state index is 10.9. The largest absolute Gasteiger partial charge is 0.396 e.